The van der Waals surface area contributed by atoms with Gasteiger partial charge in [0.25, 0.3) is 0 Å². The molecule has 0 saturated carbocycles. The molecule has 2 nitrogen and oxygen atoms in total. The summed E-state index contributed by atoms with van der Waals surface area (Å²) in [6.07, 6.45) is 1.93. The number of thiophene rings is 1. The van der Waals surface area contributed by atoms with E-state index < -0.39 is 0 Å². The quantitative estimate of drug-likeness (QED) is 0.179. The van der Waals surface area contributed by atoms with Crippen LogP contribution < -0.4 is 0 Å². The Labute approximate surface area is 287 Å². The van der Waals surface area contributed by atoms with Crippen molar-refractivity contribution in [1.29, 1.82) is 0 Å². The molecule has 228 valence electrons. The summed E-state index contributed by atoms with van der Waals surface area (Å²) < 4.78 is 2.65. The largest absolute Gasteiger partial charge is 0.252 e. The van der Waals surface area contributed by atoms with Gasteiger partial charge in [-0.1, -0.05) is 158 Å². The number of aromatic nitrogens is 2. The zero-order chi connectivity index (χ0) is 32.3. The van der Waals surface area contributed by atoms with Crippen molar-refractivity contribution in [1.82, 2.24) is 9.97 Å². The third-order valence-electron chi connectivity index (χ3n) is 9.76. The first kappa shape index (κ1) is 27.9. The van der Waals surface area contributed by atoms with Gasteiger partial charge >= 0.3 is 0 Å². The fourth-order valence-corrected chi connectivity index (χ4v) is 8.70. The van der Waals surface area contributed by atoms with Gasteiger partial charge in [-0.15, -0.1) is 11.3 Å². The van der Waals surface area contributed by atoms with E-state index in [2.05, 4.69) is 164 Å². The molecule has 10 aromatic rings. The van der Waals surface area contributed by atoms with Crippen molar-refractivity contribution < 1.29 is 0 Å². The Balaban J connectivity index is 1.07. The van der Waals surface area contributed by atoms with Crippen molar-refractivity contribution in [3.63, 3.8) is 0 Å². The molecule has 0 aliphatic heterocycles. The van der Waals surface area contributed by atoms with Crippen molar-refractivity contribution in [3.8, 4) is 44.6 Å². The molecule has 0 spiro atoms. The molecule has 2 heterocycles. The van der Waals surface area contributed by atoms with Gasteiger partial charge in [0.2, 0.25) is 0 Å². The van der Waals surface area contributed by atoms with Crippen LogP contribution in [0.3, 0.4) is 0 Å². The van der Waals surface area contributed by atoms with Crippen LogP contribution in [0.25, 0.3) is 97.4 Å². The van der Waals surface area contributed by atoms with Gasteiger partial charge in [-0.25, -0.2) is 4.98 Å². The summed E-state index contributed by atoms with van der Waals surface area (Å²) >= 11 is 1.88. The summed E-state index contributed by atoms with van der Waals surface area (Å²) in [4.78, 5) is 10.3. The Bertz CT molecular complexity index is 2850. The number of benzene rings is 8. The third-order valence-corrected chi connectivity index (χ3v) is 11.0. The average Bonchev–Trinajstić information content (AvgIpc) is 3.57. The smallest absolute Gasteiger partial charge is 0.0979 e. The minimum atomic E-state index is 0.870. The fraction of sp³-hybridized carbons (Fsp3) is 0. The van der Waals surface area contributed by atoms with Crippen molar-refractivity contribution in [2.45, 2.75) is 0 Å². The Kier molecular flexibility index (Phi) is 6.39. The number of rotatable bonds is 4. The first-order valence-corrected chi connectivity index (χ1v) is 17.4. The van der Waals surface area contributed by atoms with Gasteiger partial charge < -0.3 is 0 Å². The maximum absolute atomic E-state index is 5.30. The van der Waals surface area contributed by atoms with Gasteiger partial charge in [0.15, 0.2) is 0 Å². The van der Waals surface area contributed by atoms with E-state index in [0.29, 0.717) is 0 Å². The number of fused-ring (bicyclic) bond motifs is 9. The highest BCUT2D eigenvalue weighted by atomic mass is 32.1. The van der Waals surface area contributed by atoms with Gasteiger partial charge in [0.1, 0.15) is 0 Å². The van der Waals surface area contributed by atoms with Crippen LogP contribution in [0, 0.1) is 0 Å². The molecule has 10 rings (SSSR count). The zero-order valence-corrected chi connectivity index (χ0v) is 27.3. The monoisotopic (exact) mass is 640 g/mol. The second-order valence-corrected chi connectivity index (χ2v) is 13.5. The van der Waals surface area contributed by atoms with Crippen molar-refractivity contribution >= 4 is 64.1 Å². The lowest BCUT2D eigenvalue weighted by molar-refractivity contribution is 1.31. The summed E-state index contributed by atoms with van der Waals surface area (Å²) in [5, 5.41) is 7.29. The van der Waals surface area contributed by atoms with E-state index in [4.69, 9.17) is 9.97 Å². The summed E-state index contributed by atoms with van der Waals surface area (Å²) in [5.74, 6) is 0. The maximum atomic E-state index is 5.30. The molecule has 0 bridgehead atoms. The Hall–Kier alpha value is -6.16. The molecule has 3 heteroatoms. The normalized spacial score (nSPS) is 11.7. The standard InChI is InChI=1S/C46H28N2S/c1-3-14-33(40-21-11-22-41-37-18-9-10-23-43(37)49-46(40)41)31(12-1)29-24-26-30(27-25-29)32-13-2-6-17-36(32)42-28-47-44-38-19-7-4-15-34(38)35-16-5-8-20-39(35)45(44)48-42/h1-28H. The lowest BCUT2D eigenvalue weighted by Gasteiger charge is -2.14. The van der Waals surface area contributed by atoms with E-state index in [9.17, 15) is 0 Å². The SMILES string of the molecule is c1ccc(-c2cnc3c4ccccc4c4ccccc4c3n2)c(-c2ccc(-c3ccccc3-c3cccc4c3sc3ccccc34)cc2)c1. The molecule has 0 aliphatic rings. The van der Waals surface area contributed by atoms with Gasteiger partial charge in [0, 0.05) is 42.1 Å². The lowest BCUT2D eigenvalue weighted by atomic mass is 9.91. The summed E-state index contributed by atoms with van der Waals surface area (Å²) in [5.41, 5.74) is 11.0. The van der Waals surface area contributed by atoms with Gasteiger partial charge in [-0.3, -0.25) is 4.98 Å². The van der Waals surface area contributed by atoms with Gasteiger partial charge in [0.05, 0.1) is 22.9 Å². The van der Waals surface area contributed by atoms with Gasteiger partial charge in [-0.2, -0.15) is 0 Å². The molecule has 8 aromatic carbocycles. The molecule has 0 unspecified atom stereocenters. The van der Waals surface area contributed by atoms with Crippen LogP contribution in [0.2, 0.25) is 0 Å². The molecular formula is C46H28N2S. The molecule has 0 atom stereocenters. The molecule has 0 fully saturated rings. The second kappa shape index (κ2) is 11.2. The molecule has 0 amide bonds. The number of nitrogens with zero attached hydrogens (tertiary/aromatic N) is 2. The average molecular weight is 641 g/mol. The molecule has 0 radical (unpaired) electrons. The van der Waals surface area contributed by atoms with Gasteiger partial charge in [-0.05, 0) is 44.7 Å². The Morgan fingerprint density at radius 1 is 0.347 bits per heavy atom. The first-order valence-electron chi connectivity index (χ1n) is 16.6. The Morgan fingerprint density at radius 2 is 0.837 bits per heavy atom. The summed E-state index contributed by atoms with van der Waals surface area (Å²) in [6, 6.07) is 58.7. The van der Waals surface area contributed by atoms with Crippen molar-refractivity contribution in [3.05, 3.63) is 170 Å². The van der Waals surface area contributed by atoms with Crippen LogP contribution in [-0.2, 0) is 0 Å². The molecule has 2 aromatic heterocycles. The van der Waals surface area contributed by atoms with Crippen LogP contribution in [0.1, 0.15) is 0 Å². The second-order valence-electron chi connectivity index (χ2n) is 12.5. The maximum Gasteiger partial charge on any atom is 0.0979 e. The van der Waals surface area contributed by atoms with E-state index in [1.165, 1.54) is 53.2 Å². The number of hydrogen-bond acceptors (Lipinski definition) is 3. The van der Waals surface area contributed by atoms with Crippen LogP contribution in [0.15, 0.2) is 170 Å². The molecular weight excluding hydrogens is 613 g/mol. The molecule has 0 saturated heterocycles. The van der Waals surface area contributed by atoms with Crippen LogP contribution >= 0.6 is 11.3 Å². The number of hydrogen-bond donors (Lipinski definition) is 0. The van der Waals surface area contributed by atoms with E-state index in [-0.39, 0.29) is 0 Å². The van der Waals surface area contributed by atoms with E-state index in [1.54, 1.807) is 0 Å². The predicted octanol–water partition coefficient (Wildman–Crippen LogP) is 13.0. The minimum Gasteiger partial charge on any atom is -0.252 e. The fourth-order valence-electron chi connectivity index (χ4n) is 7.47. The van der Waals surface area contributed by atoms with E-state index in [1.807, 2.05) is 17.5 Å². The highest BCUT2D eigenvalue weighted by Crippen LogP contribution is 2.43. The van der Waals surface area contributed by atoms with Crippen molar-refractivity contribution in [2.75, 3.05) is 0 Å². The highest BCUT2D eigenvalue weighted by molar-refractivity contribution is 7.26. The topological polar surface area (TPSA) is 25.8 Å². The molecule has 0 N–H and O–H groups in total. The molecule has 49 heavy (non-hydrogen) atoms. The summed E-state index contributed by atoms with van der Waals surface area (Å²) in [7, 11) is 0. The lowest BCUT2D eigenvalue weighted by Crippen LogP contribution is -1.94. The highest BCUT2D eigenvalue weighted by Gasteiger charge is 2.16. The van der Waals surface area contributed by atoms with Crippen LogP contribution in [0.5, 0.6) is 0 Å². The first-order chi connectivity index (χ1) is 24.3. The van der Waals surface area contributed by atoms with Crippen LogP contribution in [0.4, 0.5) is 0 Å². The van der Waals surface area contributed by atoms with Crippen LogP contribution in [-0.4, -0.2) is 9.97 Å². The summed E-state index contributed by atoms with van der Waals surface area (Å²) in [6.45, 7) is 0. The van der Waals surface area contributed by atoms with Crippen molar-refractivity contribution in [2.24, 2.45) is 0 Å². The third kappa shape index (κ3) is 4.47. The Morgan fingerprint density at radius 3 is 1.53 bits per heavy atom. The predicted molar refractivity (Wildman–Crippen MR) is 209 cm³/mol. The molecule has 0 aliphatic carbocycles. The minimum absolute atomic E-state index is 0.870. The van der Waals surface area contributed by atoms with E-state index in [0.717, 1.165) is 44.2 Å². The van der Waals surface area contributed by atoms with E-state index >= 15 is 0 Å². The zero-order valence-electron chi connectivity index (χ0n) is 26.5.